The lowest BCUT2D eigenvalue weighted by atomic mass is 10.2. The van der Waals surface area contributed by atoms with E-state index in [0.29, 0.717) is 22.0 Å². The number of halogens is 2. The van der Waals surface area contributed by atoms with E-state index in [2.05, 4.69) is 10.6 Å². The summed E-state index contributed by atoms with van der Waals surface area (Å²) in [6.07, 6.45) is 0. The van der Waals surface area contributed by atoms with Crippen LogP contribution in [0.3, 0.4) is 0 Å². The maximum atomic E-state index is 12.3. The summed E-state index contributed by atoms with van der Waals surface area (Å²) in [6.45, 7) is 1.77. The average molecular weight is 429 g/mol. The van der Waals surface area contributed by atoms with Crippen molar-refractivity contribution in [3.05, 3.63) is 87.9 Å². The van der Waals surface area contributed by atoms with Gasteiger partial charge in [-0.3, -0.25) is 9.59 Å². The highest BCUT2D eigenvalue weighted by Crippen LogP contribution is 2.29. The van der Waals surface area contributed by atoms with Gasteiger partial charge in [0.25, 0.3) is 11.8 Å². The molecule has 0 aliphatic carbocycles. The van der Waals surface area contributed by atoms with E-state index in [-0.39, 0.29) is 23.4 Å². The molecule has 2 amide bonds. The van der Waals surface area contributed by atoms with Crippen LogP contribution in [0.15, 0.2) is 66.7 Å². The Bertz CT molecular complexity index is 1020. The molecule has 0 radical (unpaired) electrons. The minimum Gasteiger partial charge on any atom is -0.484 e. The first-order valence-electron chi connectivity index (χ1n) is 8.77. The van der Waals surface area contributed by atoms with Crippen LogP contribution >= 0.6 is 23.2 Å². The Morgan fingerprint density at radius 1 is 0.897 bits per heavy atom. The van der Waals surface area contributed by atoms with Gasteiger partial charge < -0.3 is 15.4 Å². The number of nitrogens with one attached hydrogen (secondary N) is 2. The Morgan fingerprint density at radius 2 is 1.59 bits per heavy atom. The molecule has 3 rings (SSSR count). The highest BCUT2D eigenvalue weighted by atomic mass is 35.5. The van der Waals surface area contributed by atoms with Gasteiger partial charge in [0.2, 0.25) is 0 Å². The zero-order valence-corrected chi connectivity index (χ0v) is 17.1. The van der Waals surface area contributed by atoms with Gasteiger partial charge in [0.15, 0.2) is 6.61 Å². The molecular formula is C22H18Cl2N2O3. The molecule has 7 heteroatoms. The molecule has 0 bridgehead atoms. The second kappa shape index (κ2) is 9.45. The van der Waals surface area contributed by atoms with Gasteiger partial charge in [0.05, 0.1) is 15.7 Å². The van der Waals surface area contributed by atoms with Gasteiger partial charge in [-0.05, 0) is 55.5 Å². The molecular weight excluding hydrogens is 411 g/mol. The monoisotopic (exact) mass is 428 g/mol. The van der Waals surface area contributed by atoms with Gasteiger partial charge in [-0.2, -0.15) is 0 Å². The topological polar surface area (TPSA) is 67.4 Å². The van der Waals surface area contributed by atoms with Gasteiger partial charge in [-0.25, -0.2) is 0 Å². The van der Waals surface area contributed by atoms with Crippen molar-refractivity contribution in [2.75, 3.05) is 17.2 Å². The number of benzene rings is 3. The standard InChI is InChI=1S/C22H18Cl2N2O3/c1-14-5-9-16(10-6-14)25-22(28)15-7-11-17(12-8-15)29-13-20(27)26-19-4-2-3-18(23)21(19)24/h2-12H,13H2,1H3,(H,25,28)(H,26,27). The Hall–Kier alpha value is -3.02. The van der Waals surface area contributed by atoms with Crippen LogP contribution in [0.25, 0.3) is 0 Å². The minimum atomic E-state index is -0.379. The van der Waals surface area contributed by atoms with E-state index in [1.165, 1.54) is 0 Å². The van der Waals surface area contributed by atoms with Crippen LogP contribution in [-0.4, -0.2) is 18.4 Å². The predicted molar refractivity (Wildman–Crippen MR) is 116 cm³/mol. The van der Waals surface area contributed by atoms with Crippen LogP contribution < -0.4 is 15.4 Å². The minimum absolute atomic E-state index is 0.211. The SMILES string of the molecule is Cc1ccc(NC(=O)c2ccc(OCC(=O)Nc3cccc(Cl)c3Cl)cc2)cc1. The highest BCUT2D eigenvalue weighted by Gasteiger charge is 2.10. The Labute approximate surface area is 178 Å². The summed E-state index contributed by atoms with van der Waals surface area (Å²) < 4.78 is 5.46. The van der Waals surface area contributed by atoms with Crippen molar-refractivity contribution in [1.82, 2.24) is 0 Å². The highest BCUT2D eigenvalue weighted by molar-refractivity contribution is 6.44. The molecule has 0 spiro atoms. The Kier molecular flexibility index (Phi) is 6.75. The van der Waals surface area contributed by atoms with Crippen molar-refractivity contribution in [1.29, 1.82) is 0 Å². The lowest BCUT2D eigenvalue weighted by Crippen LogP contribution is -2.20. The molecule has 3 aromatic carbocycles. The fraction of sp³-hybridized carbons (Fsp3) is 0.0909. The van der Waals surface area contributed by atoms with E-state index < -0.39 is 0 Å². The molecule has 0 heterocycles. The second-order valence-electron chi connectivity index (χ2n) is 6.28. The zero-order valence-electron chi connectivity index (χ0n) is 15.5. The first kappa shape index (κ1) is 20.7. The third-order valence-electron chi connectivity index (χ3n) is 4.02. The van der Waals surface area contributed by atoms with E-state index in [4.69, 9.17) is 27.9 Å². The second-order valence-corrected chi connectivity index (χ2v) is 7.07. The third-order valence-corrected chi connectivity index (χ3v) is 4.84. The lowest BCUT2D eigenvalue weighted by Gasteiger charge is -2.10. The summed E-state index contributed by atoms with van der Waals surface area (Å²) in [5.41, 5.74) is 2.73. The lowest BCUT2D eigenvalue weighted by molar-refractivity contribution is -0.118. The number of hydrogen-bond acceptors (Lipinski definition) is 3. The molecule has 3 aromatic rings. The van der Waals surface area contributed by atoms with Crippen LogP contribution in [-0.2, 0) is 4.79 Å². The molecule has 5 nitrogen and oxygen atoms in total. The van der Waals surface area contributed by atoms with E-state index in [1.54, 1.807) is 42.5 Å². The molecule has 0 fully saturated rings. The molecule has 0 aliphatic heterocycles. The van der Waals surface area contributed by atoms with Crippen molar-refractivity contribution >= 4 is 46.4 Å². The van der Waals surface area contributed by atoms with Crippen molar-refractivity contribution in [3.63, 3.8) is 0 Å². The van der Waals surface area contributed by atoms with Crippen LogP contribution in [0.4, 0.5) is 11.4 Å². The third kappa shape index (κ3) is 5.73. The summed E-state index contributed by atoms with van der Waals surface area (Å²) in [4.78, 5) is 24.3. The molecule has 0 unspecified atom stereocenters. The summed E-state index contributed by atoms with van der Waals surface area (Å²) in [5, 5.41) is 6.08. The number of ether oxygens (including phenoxy) is 1. The fourth-order valence-electron chi connectivity index (χ4n) is 2.48. The molecule has 0 aromatic heterocycles. The van der Waals surface area contributed by atoms with E-state index in [1.807, 2.05) is 31.2 Å². The quantitative estimate of drug-likeness (QED) is 0.538. The molecule has 29 heavy (non-hydrogen) atoms. The molecule has 0 aliphatic rings. The van der Waals surface area contributed by atoms with E-state index >= 15 is 0 Å². The number of carbonyl (C=O) groups excluding carboxylic acids is 2. The first-order valence-corrected chi connectivity index (χ1v) is 9.53. The number of hydrogen-bond donors (Lipinski definition) is 2. The molecule has 2 N–H and O–H groups in total. The van der Waals surface area contributed by atoms with Gasteiger partial charge in [-0.15, -0.1) is 0 Å². The van der Waals surface area contributed by atoms with Crippen molar-refractivity contribution in [2.24, 2.45) is 0 Å². The van der Waals surface area contributed by atoms with Crippen molar-refractivity contribution in [2.45, 2.75) is 6.92 Å². The van der Waals surface area contributed by atoms with Crippen LogP contribution in [0.5, 0.6) is 5.75 Å². The summed E-state index contributed by atoms with van der Waals surface area (Å²) >= 11 is 12.0. The van der Waals surface area contributed by atoms with Crippen LogP contribution in [0.1, 0.15) is 15.9 Å². The Morgan fingerprint density at radius 3 is 2.28 bits per heavy atom. The Balaban J connectivity index is 1.53. The summed E-state index contributed by atoms with van der Waals surface area (Å²) in [6, 6.07) is 19.0. The van der Waals surface area contributed by atoms with Crippen molar-refractivity contribution in [3.8, 4) is 5.75 Å². The summed E-state index contributed by atoms with van der Waals surface area (Å²) in [7, 11) is 0. The van der Waals surface area contributed by atoms with Crippen LogP contribution in [0, 0.1) is 6.92 Å². The van der Waals surface area contributed by atoms with Crippen LogP contribution in [0.2, 0.25) is 10.0 Å². The van der Waals surface area contributed by atoms with Gasteiger partial charge in [0.1, 0.15) is 5.75 Å². The zero-order chi connectivity index (χ0) is 20.8. The first-order chi connectivity index (χ1) is 13.9. The smallest absolute Gasteiger partial charge is 0.262 e. The van der Waals surface area contributed by atoms with Crippen molar-refractivity contribution < 1.29 is 14.3 Å². The average Bonchev–Trinajstić information content (AvgIpc) is 2.72. The van der Waals surface area contributed by atoms with E-state index in [0.717, 1.165) is 11.3 Å². The molecule has 0 saturated heterocycles. The van der Waals surface area contributed by atoms with E-state index in [9.17, 15) is 9.59 Å². The van der Waals surface area contributed by atoms with Gasteiger partial charge in [0, 0.05) is 11.3 Å². The predicted octanol–water partition coefficient (Wildman–Crippen LogP) is 5.57. The fourth-order valence-corrected chi connectivity index (χ4v) is 2.83. The summed E-state index contributed by atoms with van der Waals surface area (Å²) in [5.74, 6) is -0.145. The number of amides is 2. The van der Waals surface area contributed by atoms with Gasteiger partial charge >= 0.3 is 0 Å². The number of aryl methyl sites for hydroxylation is 1. The number of anilines is 2. The van der Waals surface area contributed by atoms with Gasteiger partial charge in [-0.1, -0.05) is 47.0 Å². The number of carbonyl (C=O) groups is 2. The maximum absolute atomic E-state index is 12.3. The molecule has 0 saturated carbocycles. The maximum Gasteiger partial charge on any atom is 0.262 e. The number of rotatable bonds is 6. The molecule has 0 atom stereocenters. The largest absolute Gasteiger partial charge is 0.484 e. The molecule has 148 valence electrons. The normalized spacial score (nSPS) is 10.3.